The summed E-state index contributed by atoms with van der Waals surface area (Å²) in [6, 6.07) is 9.39. The fraction of sp³-hybridized carbons (Fsp3) is 0.286. The fourth-order valence-corrected chi connectivity index (χ4v) is 1.84. The highest BCUT2D eigenvalue weighted by Gasteiger charge is 2.19. The molecule has 0 aliphatic rings. The number of benzene rings is 1. The maximum Gasteiger partial charge on any atom is 0.254 e. The van der Waals surface area contributed by atoms with Crippen LogP contribution in [0.25, 0.3) is 0 Å². The predicted octanol–water partition coefficient (Wildman–Crippen LogP) is 1.72. The molecule has 0 aliphatic carbocycles. The number of imidazole rings is 1. The number of carbonyl (C=O) groups excluding carboxylic acids is 1. The summed E-state index contributed by atoms with van der Waals surface area (Å²) in [7, 11) is 1.52. The number of nitrogens with one attached hydrogen (secondary N) is 2. The van der Waals surface area contributed by atoms with E-state index in [0.717, 1.165) is 17.1 Å². The third-order valence-electron chi connectivity index (χ3n) is 2.76. The molecule has 0 aliphatic heterocycles. The lowest BCUT2D eigenvalue weighted by molar-refractivity contribution is -0.131. The van der Waals surface area contributed by atoms with Crippen molar-refractivity contribution in [2.24, 2.45) is 0 Å². The molecule has 1 amide bonds. The van der Waals surface area contributed by atoms with E-state index in [-0.39, 0.29) is 5.91 Å². The van der Waals surface area contributed by atoms with E-state index in [1.54, 1.807) is 6.20 Å². The summed E-state index contributed by atoms with van der Waals surface area (Å²) in [5.74, 6) is 0.552. The molecule has 0 saturated heterocycles. The number of hydrogen-bond donors (Lipinski definition) is 2. The second-order valence-corrected chi connectivity index (χ2v) is 4.26. The maximum absolute atomic E-state index is 12.1. The molecule has 0 bridgehead atoms. The number of H-pyrrole nitrogens is 1. The van der Waals surface area contributed by atoms with Crippen LogP contribution < -0.4 is 5.32 Å². The first-order valence-electron chi connectivity index (χ1n) is 6.06. The zero-order chi connectivity index (χ0) is 13.7. The van der Waals surface area contributed by atoms with E-state index in [9.17, 15) is 4.79 Å². The van der Waals surface area contributed by atoms with Crippen molar-refractivity contribution in [3.63, 3.8) is 0 Å². The van der Waals surface area contributed by atoms with Gasteiger partial charge < -0.3 is 15.0 Å². The zero-order valence-electron chi connectivity index (χ0n) is 11.0. The second-order valence-electron chi connectivity index (χ2n) is 4.26. The normalized spacial score (nSPS) is 12.1. The minimum absolute atomic E-state index is 0.178. The predicted molar refractivity (Wildman–Crippen MR) is 71.4 cm³/mol. The summed E-state index contributed by atoms with van der Waals surface area (Å²) >= 11 is 0. The van der Waals surface area contributed by atoms with Crippen molar-refractivity contribution >= 4 is 5.91 Å². The molecule has 1 atom stereocenters. The van der Waals surface area contributed by atoms with Crippen molar-refractivity contribution in [2.45, 2.75) is 19.6 Å². The zero-order valence-corrected chi connectivity index (χ0v) is 11.0. The Kier molecular flexibility index (Phi) is 4.30. The monoisotopic (exact) mass is 259 g/mol. The number of methoxy groups -OCH3 is 1. The fourth-order valence-electron chi connectivity index (χ4n) is 1.84. The number of aromatic nitrogens is 2. The Morgan fingerprint density at radius 3 is 2.74 bits per heavy atom. The van der Waals surface area contributed by atoms with Crippen LogP contribution in [0.3, 0.4) is 0 Å². The highest BCUT2D eigenvalue weighted by molar-refractivity contribution is 5.82. The molecule has 5 heteroatoms. The number of hydrogen-bond acceptors (Lipinski definition) is 3. The van der Waals surface area contributed by atoms with Crippen molar-refractivity contribution in [3.05, 3.63) is 53.6 Å². The summed E-state index contributed by atoms with van der Waals surface area (Å²) < 4.78 is 5.25. The van der Waals surface area contributed by atoms with Gasteiger partial charge in [0.25, 0.3) is 5.91 Å². The smallest absolute Gasteiger partial charge is 0.254 e. The Bertz CT molecular complexity index is 537. The van der Waals surface area contributed by atoms with E-state index in [2.05, 4.69) is 15.3 Å². The van der Waals surface area contributed by atoms with Gasteiger partial charge in [-0.2, -0.15) is 0 Å². The van der Waals surface area contributed by atoms with Crippen LogP contribution in [0.5, 0.6) is 0 Å². The Morgan fingerprint density at radius 1 is 1.42 bits per heavy atom. The highest BCUT2D eigenvalue weighted by atomic mass is 16.5. The molecule has 2 rings (SSSR count). The molecule has 0 unspecified atom stereocenters. The number of ether oxygens (including phenoxy) is 1. The Balaban J connectivity index is 1.98. The molecule has 0 saturated carbocycles. The van der Waals surface area contributed by atoms with Crippen LogP contribution in [0, 0.1) is 6.92 Å². The van der Waals surface area contributed by atoms with Crippen LogP contribution in [-0.2, 0) is 16.1 Å². The van der Waals surface area contributed by atoms with Gasteiger partial charge in [-0.05, 0) is 12.5 Å². The third kappa shape index (κ3) is 3.42. The van der Waals surface area contributed by atoms with Crippen LogP contribution in [0.4, 0.5) is 0 Å². The average Bonchev–Trinajstić information content (AvgIpc) is 2.84. The lowest BCUT2D eigenvalue weighted by atomic mass is 10.1. The molecular weight excluding hydrogens is 242 g/mol. The van der Waals surface area contributed by atoms with E-state index in [4.69, 9.17) is 4.74 Å². The van der Waals surface area contributed by atoms with Crippen LogP contribution in [0.1, 0.15) is 23.2 Å². The van der Waals surface area contributed by atoms with Crippen molar-refractivity contribution in [1.29, 1.82) is 0 Å². The number of aromatic amines is 1. The minimum Gasteiger partial charge on any atom is -0.367 e. The van der Waals surface area contributed by atoms with Gasteiger partial charge in [0.05, 0.1) is 6.54 Å². The molecule has 1 aromatic carbocycles. The van der Waals surface area contributed by atoms with E-state index in [1.165, 1.54) is 7.11 Å². The standard InChI is InChI=1S/C14H17N3O2/c1-10-8-15-12(17-10)9-16-14(18)13(19-2)11-6-4-3-5-7-11/h3-8,13H,9H2,1-2H3,(H,15,17)(H,16,18)/t13-/m0/s1. The van der Waals surface area contributed by atoms with Gasteiger partial charge >= 0.3 is 0 Å². The number of nitrogens with zero attached hydrogens (tertiary/aromatic N) is 1. The first-order chi connectivity index (χ1) is 9.20. The van der Waals surface area contributed by atoms with Crippen LogP contribution in [0.2, 0.25) is 0 Å². The van der Waals surface area contributed by atoms with Gasteiger partial charge in [-0.15, -0.1) is 0 Å². The second kappa shape index (κ2) is 6.15. The summed E-state index contributed by atoms with van der Waals surface area (Å²) in [4.78, 5) is 19.3. The van der Waals surface area contributed by atoms with Gasteiger partial charge in [0.2, 0.25) is 0 Å². The minimum atomic E-state index is -0.600. The summed E-state index contributed by atoms with van der Waals surface area (Å²) in [6.07, 6.45) is 1.13. The largest absolute Gasteiger partial charge is 0.367 e. The van der Waals surface area contributed by atoms with Crippen LogP contribution in [-0.4, -0.2) is 23.0 Å². The van der Waals surface area contributed by atoms with Crippen LogP contribution >= 0.6 is 0 Å². The summed E-state index contributed by atoms with van der Waals surface area (Å²) in [5, 5.41) is 2.80. The Labute approximate surface area is 112 Å². The molecule has 0 radical (unpaired) electrons. The van der Waals surface area contributed by atoms with Gasteiger partial charge in [-0.25, -0.2) is 4.98 Å². The molecule has 100 valence electrons. The van der Waals surface area contributed by atoms with Gasteiger partial charge in [-0.3, -0.25) is 4.79 Å². The SMILES string of the molecule is CO[C@H](C(=O)NCc1ncc(C)[nH]1)c1ccccc1. The van der Waals surface area contributed by atoms with E-state index in [1.807, 2.05) is 37.3 Å². The summed E-state index contributed by atoms with van der Waals surface area (Å²) in [6.45, 7) is 2.28. The van der Waals surface area contributed by atoms with Crippen molar-refractivity contribution in [3.8, 4) is 0 Å². The Morgan fingerprint density at radius 2 is 2.16 bits per heavy atom. The van der Waals surface area contributed by atoms with Crippen LogP contribution in [0.15, 0.2) is 36.5 Å². The average molecular weight is 259 g/mol. The number of rotatable bonds is 5. The highest BCUT2D eigenvalue weighted by Crippen LogP contribution is 2.16. The summed E-state index contributed by atoms with van der Waals surface area (Å²) in [5.41, 5.74) is 1.80. The van der Waals surface area contributed by atoms with Gasteiger partial charge in [-0.1, -0.05) is 30.3 Å². The number of amides is 1. The number of carbonyl (C=O) groups is 1. The molecular formula is C14H17N3O2. The third-order valence-corrected chi connectivity index (χ3v) is 2.76. The molecule has 0 spiro atoms. The first-order valence-corrected chi connectivity index (χ1v) is 6.06. The molecule has 1 aromatic heterocycles. The first kappa shape index (κ1) is 13.3. The maximum atomic E-state index is 12.1. The van der Waals surface area contributed by atoms with Gasteiger partial charge in [0.15, 0.2) is 6.10 Å². The van der Waals surface area contributed by atoms with Gasteiger partial charge in [0, 0.05) is 19.0 Å². The van der Waals surface area contributed by atoms with Crippen molar-refractivity contribution < 1.29 is 9.53 Å². The molecule has 0 fully saturated rings. The van der Waals surface area contributed by atoms with E-state index < -0.39 is 6.10 Å². The molecule has 19 heavy (non-hydrogen) atoms. The van der Waals surface area contributed by atoms with Crippen molar-refractivity contribution in [1.82, 2.24) is 15.3 Å². The molecule has 2 aromatic rings. The Hall–Kier alpha value is -2.14. The van der Waals surface area contributed by atoms with E-state index in [0.29, 0.717) is 6.54 Å². The van der Waals surface area contributed by atoms with E-state index >= 15 is 0 Å². The molecule has 1 heterocycles. The van der Waals surface area contributed by atoms with Crippen molar-refractivity contribution in [2.75, 3.05) is 7.11 Å². The topological polar surface area (TPSA) is 67.0 Å². The molecule has 5 nitrogen and oxygen atoms in total. The van der Waals surface area contributed by atoms with Gasteiger partial charge in [0.1, 0.15) is 5.82 Å². The lowest BCUT2D eigenvalue weighted by Crippen LogP contribution is -2.30. The lowest BCUT2D eigenvalue weighted by Gasteiger charge is -2.15. The quantitative estimate of drug-likeness (QED) is 0.859. The number of aryl methyl sites for hydroxylation is 1. The molecule has 2 N–H and O–H groups in total.